The van der Waals surface area contributed by atoms with E-state index in [9.17, 15) is 0 Å². The molecule has 1 aromatic heterocycles. The summed E-state index contributed by atoms with van der Waals surface area (Å²) in [5.41, 5.74) is 1.22. The van der Waals surface area contributed by atoms with Crippen molar-refractivity contribution in [1.82, 2.24) is 15.6 Å². The van der Waals surface area contributed by atoms with Gasteiger partial charge in [-0.15, -0.1) is 11.3 Å². The molecule has 22 heavy (non-hydrogen) atoms. The van der Waals surface area contributed by atoms with E-state index in [0.29, 0.717) is 6.54 Å². The van der Waals surface area contributed by atoms with E-state index in [1.807, 2.05) is 31.3 Å². The molecule has 0 bridgehead atoms. The van der Waals surface area contributed by atoms with Gasteiger partial charge in [0.2, 0.25) is 0 Å². The second-order valence-corrected chi connectivity index (χ2v) is 6.60. The summed E-state index contributed by atoms with van der Waals surface area (Å²) in [5, 5.41) is 8.45. The average Bonchev–Trinajstić information content (AvgIpc) is 2.90. The lowest BCUT2D eigenvalue weighted by atomic mass is 10.1. The van der Waals surface area contributed by atoms with E-state index < -0.39 is 0 Å². The number of nitrogens with one attached hydrogen (secondary N) is 2. The van der Waals surface area contributed by atoms with Gasteiger partial charge in [0.05, 0.1) is 11.6 Å². The average molecular weight is 337 g/mol. The molecule has 6 heteroatoms. The molecule has 1 heterocycles. The molecule has 0 amide bonds. The van der Waals surface area contributed by atoms with Gasteiger partial charge >= 0.3 is 0 Å². The molecule has 0 aliphatic rings. The number of aliphatic imine (C=N–C) groups is 1. The zero-order valence-corrected chi connectivity index (χ0v) is 14.5. The summed E-state index contributed by atoms with van der Waals surface area (Å²) in [6.45, 7) is 6.37. The van der Waals surface area contributed by atoms with Crippen LogP contribution in [0.25, 0.3) is 0 Å². The molecule has 0 saturated heterocycles. The summed E-state index contributed by atoms with van der Waals surface area (Å²) in [5.74, 6) is 0.829. The highest BCUT2D eigenvalue weighted by atomic mass is 35.5. The monoisotopic (exact) mass is 336 g/mol. The van der Waals surface area contributed by atoms with Gasteiger partial charge in [0, 0.05) is 29.2 Å². The molecule has 4 nitrogen and oxygen atoms in total. The van der Waals surface area contributed by atoms with E-state index in [-0.39, 0.29) is 0 Å². The van der Waals surface area contributed by atoms with Gasteiger partial charge in [0.1, 0.15) is 0 Å². The van der Waals surface area contributed by atoms with Crippen LogP contribution in [-0.4, -0.2) is 24.0 Å². The van der Waals surface area contributed by atoms with Crippen molar-refractivity contribution in [2.24, 2.45) is 4.99 Å². The maximum atomic E-state index is 5.99. The summed E-state index contributed by atoms with van der Waals surface area (Å²) in [6, 6.07) is 7.94. The lowest BCUT2D eigenvalue weighted by Gasteiger charge is -2.11. The van der Waals surface area contributed by atoms with Crippen molar-refractivity contribution in [2.45, 2.75) is 26.8 Å². The molecule has 118 valence electrons. The number of thiazole rings is 1. The van der Waals surface area contributed by atoms with Gasteiger partial charge in [0.25, 0.3) is 0 Å². The van der Waals surface area contributed by atoms with Crippen LogP contribution in [0.15, 0.2) is 35.5 Å². The molecular weight excluding hydrogens is 316 g/mol. The molecule has 1 aromatic carbocycles. The SMILES string of the molecule is CCNC(=NCc1cnc(C)s1)NCCc1cccc(Cl)c1. The lowest BCUT2D eigenvalue weighted by molar-refractivity contribution is 0.800. The number of guanidine groups is 1. The van der Waals surface area contributed by atoms with Crippen molar-refractivity contribution in [3.05, 3.63) is 50.9 Å². The van der Waals surface area contributed by atoms with Crippen molar-refractivity contribution < 1.29 is 0 Å². The number of hydrogen-bond acceptors (Lipinski definition) is 3. The minimum absolute atomic E-state index is 0.651. The van der Waals surface area contributed by atoms with Crippen LogP contribution >= 0.6 is 22.9 Å². The third-order valence-electron chi connectivity index (χ3n) is 3.00. The third kappa shape index (κ3) is 5.66. The topological polar surface area (TPSA) is 49.3 Å². The van der Waals surface area contributed by atoms with Gasteiger partial charge in [-0.25, -0.2) is 9.98 Å². The van der Waals surface area contributed by atoms with Crippen LogP contribution in [0, 0.1) is 6.92 Å². The molecule has 0 aliphatic carbocycles. The molecule has 0 aliphatic heterocycles. The summed E-state index contributed by atoms with van der Waals surface area (Å²) in [6.07, 6.45) is 2.80. The molecule has 2 aromatic rings. The molecule has 0 radical (unpaired) electrons. The molecule has 0 atom stereocenters. The summed E-state index contributed by atoms with van der Waals surface area (Å²) in [4.78, 5) is 10.0. The first-order chi connectivity index (χ1) is 10.7. The van der Waals surface area contributed by atoms with E-state index in [2.05, 4.69) is 33.6 Å². The largest absolute Gasteiger partial charge is 0.357 e. The van der Waals surface area contributed by atoms with E-state index in [1.165, 1.54) is 10.4 Å². The Bertz CT molecular complexity index is 624. The van der Waals surface area contributed by atoms with E-state index >= 15 is 0 Å². The number of aryl methyl sites for hydroxylation is 1. The lowest BCUT2D eigenvalue weighted by Crippen LogP contribution is -2.38. The Morgan fingerprint density at radius 3 is 2.91 bits per heavy atom. The zero-order valence-electron chi connectivity index (χ0n) is 12.9. The van der Waals surface area contributed by atoms with Gasteiger partial charge in [-0.2, -0.15) is 0 Å². The van der Waals surface area contributed by atoms with Crippen molar-refractivity contribution in [2.75, 3.05) is 13.1 Å². The van der Waals surface area contributed by atoms with E-state index in [0.717, 1.165) is 35.5 Å². The summed E-state index contributed by atoms with van der Waals surface area (Å²) >= 11 is 7.68. The van der Waals surface area contributed by atoms with Crippen molar-refractivity contribution in [3.8, 4) is 0 Å². The standard InChI is InChI=1S/C16H21ClN4S/c1-3-18-16(21-11-15-10-20-12(2)22-15)19-8-7-13-5-4-6-14(17)9-13/h4-6,9-10H,3,7-8,11H2,1-2H3,(H2,18,19,21). The number of hydrogen-bond donors (Lipinski definition) is 2. The first kappa shape index (κ1) is 16.8. The fourth-order valence-corrected chi connectivity index (χ4v) is 2.93. The minimum atomic E-state index is 0.651. The van der Waals surface area contributed by atoms with Crippen molar-refractivity contribution in [1.29, 1.82) is 0 Å². The Balaban J connectivity index is 1.85. The van der Waals surface area contributed by atoms with Crippen molar-refractivity contribution in [3.63, 3.8) is 0 Å². The number of nitrogens with zero attached hydrogens (tertiary/aromatic N) is 2. The Labute approximate surface area is 140 Å². The Kier molecular flexibility index (Phi) is 6.68. The van der Waals surface area contributed by atoms with Crippen molar-refractivity contribution >= 4 is 28.9 Å². The van der Waals surface area contributed by atoms with E-state index in [1.54, 1.807) is 11.3 Å². The molecule has 0 unspecified atom stereocenters. The van der Waals surface area contributed by atoms with Gasteiger partial charge in [0.15, 0.2) is 5.96 Å². The van der Waals surface area contributed by atoms with Gasteiger partial charge in [-0.3, -0.25) is 0 Å². The first-order valence-electron chi connectivity index (χ1n) is 7.35. The van der Waals surface area contributed by atoms with Gasteiger partial charge in [-0.05, 0) is 38.0 Å². The highest BCUT2D eigenvalue weighted by Crippen LogP contribution is 2.12. The van der Waals surface area contributed by atoms with E-state index in [4.69, 9.17) is 11.6 Å². The second-order valence-electron chi connectivity index (χ2n) is 4.85. The van der Waals surface area contributed by atoms with Gasteiger partial charge < -0.3 is 10.6 Å². The highest BCUT2D eigenvalue weighted by Gasteiger charge is 2.01. The number of halogens is 1. The third-order valence-corrected chi connectivity index (χ3v) is 4.13. The van der Waals surface area contributed by atoms with Crippen LogP contribution in [0.4, 0.5) is 0 Å². The van der Waals surface area contributed by atoms with Crippen LogP contribution in [0.5, 0.6) is 0 Å². The molecule has 2 rings (SSSR count). The summed E-state index contributed by atoms with van der Waals surface area (Å²) in [7, 11) is 0. The van der Waals surface area contributed by atoms with Crippen LogP contribution in [0.3, 0.4) is 0 Å². The quantitative estimate of drug-likeness (QED) is 0.628. The normalized spacial score (nSPS) is 11.5. The van der Waals surface area contributed by atoms with Gasteiger partial charge in [-0.1, -0.05) is 23.7 Å². The fraction of sp³-hybridized carbons (Fsp3) is 0.375. The molecule has 2 N–H and O–H groups in total. The second kappa shape index (κ2) is 8.76. The number of benzene rings is 1. The number of rotatable bonds is 6. The fourth-order valence-electron chi connectivity index (χ4n) is 1.99. The molecule has 0 fully saturated rings. The summed E-state index contributed by atoms with van der Waals surface area (Å²) < 4.78 is 0. The highest BCUT2D eigenvalue weighted by molar-refractivity contribution is 7.11. The predicted octanol–water partition coefficient (Wildman–Crippen LogP) is 3.40. The van der Waals surface area contributed by atoms with Crippen LogP contribution in [0.1, 0.15) is 22.4 Å². The number of aromatic nitrogens is 1. The maximum absolute atomic E-state index is 5.99. The zero-order chi connectivity index (χ0) is 15.8. The Hall–Kier alpha value is -1.59. The molecular formula is C16H21ClN4S. The van der Waals surface area contributed by atoms with Crippen LogP contribution in [-0.2, 0) is 13.0 Å². The Morgan fingerprint density at radius 2 is 2.23 bits per heavy atom. The smallest absolute Gasteiger partial charge is 0.191 e. The van der Waals surface area contributed by atoms with Crippen LogP contribution in [0.2, 0.25) is 5.02 Å². The predicted molar refractivity (Wildman–Crippen MR) is 94.8 cm³/mol. The minimum Gasteiger partial charge on any atom is -0.357 e. The first-order valence-corrected chi connectivity index (χ1v) is 8.54. The molecule has 0 saturated carbocycles. The molecule has 0 spiro atoms. The Morgan fingerprint density at radius 1 is 1.36 bits per heavy atom. The van der Waals surface area contributed by atoms with Crippen LogP contribution < -0.4 is 10.6 Å². The maximum Gasteiger partial charge on any atom is 0.191 e.